The van der Waals surface area contributed by atoms with Crippen molar-refractivity contribution in [3.63, 3.8) is 0 Å². The Morgan fingerprint density at radius 2 is 1.91 bits per heavy atom. The molecule has 3 rings (SSSR count). The normalized spacial score (nSPS) is 11.7. The van der Waals surface area contributed by atoms with Crippen LogP contribution in [0, 0.1) is 6.92 Å². The Morgan fingerprint density at radius 1 is 1.15 bits per heavy atom. The van der Waals surface area contributed by atoms with Gasteiger partial charge in [-0.3, -0.25) is 9.59 Å². The zero-order valence-corrected chi connectivity index (χ0v) is 21.5. The first-order valence-corrected chi connectivity index (χ1v) is 12.2. The maximum Gasteiger partial charge on any atom is 0.251 e. The molecule has 0 saturated carbocycles. The van der Waals surface area contributed by atoms with Crippen LogP contribution in [0.4, 0.5) is 5.69 Å². The highest BCUT2D eigenvalue weighted by molar-refractivity contribution is 7.99. The van der Waals surface area contributed by atoms with Gasteiger partial charge < -0.3 is 19.9 Å². The van der Waals surface area contributed by atoms with E-state index in [1.165, 1.54) is 17.8 Å². The molecule has 0 radical (unpaired) electrons. The monoisotopic (exact) mass is 521 g/mol. The number of carbonyl (C=O) groups excluding carboxylic acids is 2. The fourth-order valence-corrected chi connectivity index (χ4v) is 4.35. The summed E-state index contributed by atoms with van der Waals surface area (Å²) in [6, 6.07) is 9.84. The molecule has 1 atom stereocenters. The molecular formula is C23H25Cl2N5O3S. The average molecular weight is 522 g/mol. The number of aryl methyl sites for hydroxylation is 1. The molecule has 1 heterocycles. The zero-order valence-electron chi connectivity index (χ0n) is 19.2. The van der Waals surface area contributed by atoms with Crippen LogP contribution in [0.2, 0.25) is 10.0 Å². The van der Waals surface area contributed by atoms with Crippen molar-refractivity contribution in [2.24, 2.45) is 0 Å². The largest absolute Gasteiger partial charge is 0.495 e. The van der Waals surface area contributed by atoms with Crippen molar-refractivity contribution in [1.29, 1.82) is 0 Å². The van der Waals surface area contributed by atoms with Crippen LogP contribution in [-0.2, 0) is 11.3 Å². The number of benzene rings is 2. The summed E-state index contributed by atoms with van der Waals surface area (Å²) in [6.45, 7) is 6.28. The minimum Gasteiger partial charge on any atom is -0.495 e. The number of ether oxygens (including phenoxy) is 1. The van der Waals surface area contributed by atoms with Gasteiger partial charge in [-0.25, -0.2) is 0 Å². The quantitative estimate of drug-likeness (QED) is 0.378. The zero-order chi connectivity index (χ0) is 24.8. The van der Waals surface area contributed by atoms with E-state index in [0.29, 0.717) is 44.6 Å². The number of rotatable bonds is 9. The lowest BCUT2D eigenvalue weighted by atomic mass is 10.2. The second-order valence-electron chi connectivity index (χ2n) is 7.45. The average Bonchev–Trinajstić information content (AvgIpc) is 3.22. The Bertz CT molecular complexity index is 1200. The van der Waals surface area contributed by atoms with Crippen molar-refractivity contribution in [3.05, 3.63) is 63.4 Å². The molecule has 2 N–H and O–H groups in total. The predicted octanol–water partition coefficient (Wildman–Crippen LogP) is 5.14. The first kappa shape index (κ1) is 25.9. The van der Waals surface area contributed by atoms with E-state index in [2.05, 4.69) is 20.8 Å². The molecule has 2 amide bonds. The number of methoxy groups -OCH3 is 1. The van der Waals surface area contributed by atoms with Crippen molar-refractivity contribution in [2.45, 2.75) is 38.5 Å². The van der Waals surface area contributed by atoms with E-state index >= 15 is 0 Å². The van der Waals surface area contributed by atoms with Crippen LogP contribution >= 0.6 is 35.0 Å². The molecule has 11 heteroatoms. The van der Waals surface area contributed by atoms with Crippen molar-refractivity contribution in [1.82, 2.24) is 20.1 Å². The van der Waals surface area contributed by atoms with Crippen LogP contribution in [0.1, 0.15) is 41.6 Å². The highest BCUT2D eigenvalue weighted by Crippen LogP contribution is 2.27. The number of nitrogens with zero attached hydrogens (tertiary/aromatic N) is 3. The van der Waals surface area contributed by atoms with E-state index in [1.807, 2.05) is 43.5 Å². The van der Waals surface area contributed by atoms with Crippen LogP contribution in [0.3, 0.4) is 0 Å². The van der Waals surface area contributed by atoms with Gasteiger partial charge in [-0.2, -0.15) is 0 Å². The first-order valence-electron chi connectivity index (χ1n) is 10.5. The van der Waals surface area contributed by atoms with E-state index in [9.17, 15) is 9.59 Å². The maximum absolute atomic E-state index is 12.6. The van der Waals surface area contributed by atoms with Gasteiger partial charge in [0.15, 0.2) is 11.0 Å². The third kappa shape index (κ3) is 6.22. The van der Waals surface area contributed by atoms with Crippen molar-refractivity contribution >= 4 is 52.5 Å². The van der Waals surface area contributed by atoms with E-state index < -0.39 is 6.04 Å². The third-order valence-corrected chi connectivity index (χ3v) is 6.65. The smallest absolute Gasteiger partial charge is 0.251 e. The molecule has 0 spiro atoms. The molecule has 0 bridgehead atoms. The number of nitrogens with one attached hydrogen (secondary N) is 2. The number of amides is 2. The lowest BCUT2D eigenvalue weighted by molar-refractivity contribution is -0.113. The highest BCUT2D eigenvalue weighted by atomic mass is 35.5. The second kappa shape index (κ2) is 11.6. The van der Waals surface area contributed by atoms with Gasteiger partial charge in [0.2, 0.25) is 5.91 Å². The predicted molar refractivity (Wildman–Crippen MR) is 135 cm³/mol. The summed E-state index contributed by atoms with van der Waals surface area (Å²) in [7, 11) is 1.56. The summed E-state index contributed by atoms with van der Waals surface area (Å²) in [5, 5.41) is 15.5. The van der Waals surface area contributed by atoms with Gasteiger partial charge in [0.05, 0.1) is 34.6 Å². The van der Waals surface area contributed by atoms with Crippen LogP contribution in [0.15, 0.2) is 41.6 Å². The number of halogens is 2. The molecule has 0 unspecified atom stereocenters. The molecular weight excluding hydrogens is 497 g/mol. The summed E-state index contributed by atoms with van der Waals surface area (Å²) in [5.74, 6) is 0.812. The SMILES string of the molecule is CCn1c(SCC(=O)Nc2cc(C)ccc2OC)nnc1[C@H](C)NC(=O)c1ccc(Cl)c(Cl)c1. The van der Waals surface area contributed by atoms with Crippen LogP contribution in [0.5, 0.6) is 5.75 Å². The number of hydrogen-bond donors (Lipinski definition) is 2. The molecule has 0 aliphatic carbocycles. The van der Waals surface area contributed by atoms with E-state index in [0.717, 1.165) is 5.56 Å². The van der Waals surface area contributed by atoms with E-state index in [-0.39, 0.29) is 17.6 Å². The second-order valence-corrected chi connectivity index (χ2v) is 9.21. The van der Waals surface area contributed by atoms with Gasteiger partial charge in [0.1, 0.15) is 5.75 Å². The molecule has 180 valence electrons. The van der Waals surface area contributed by atoms with Crippen LogP contribution < -0.4 is 15.4 Å². The molecule has 0 aliphatic rings. The fraction of sp³-hybridized carbons (Fsp3) is 0.304. The number of thioether (sulfide) groups is 1. The summed E-state index contributed by atoms with van der Waals surface area (Å²) in [4.78, 5) is 25.2. The highest BCUT2D eigenvalue weighted by Gasteiger charge is 2.21. The van der Waals surface area contributed by atoms with Crippen LogP contribution in [-0.4, -0.2) is 39.4 Å². The van der Waals surface area contributed by atoms with Crippen molar-refractivity contribution in [2.75, 3.05) is 18.2 Å². The summed E-state index contributed by atoms with van der Waals surface area (Å²) < 4.78 is 7.18. The number of anilines is 1. The van der Waals surface area contributed by atoms with Crippen molar-refractivity contribution < 1.29 is 14.3 Å². The molecule has 0 aliphatic heterocycles. The molecule has 2 aromatic carbocycles. The van der Waals surface area contributed by atoms with Gasteiger partial charge in [-0.05, 0) is 56.7 Å². The number of hydrogen-bond acceptors (Lipinski definition) is 6. The topological polar surface area (TPSA) is 98.1 Å². The van der Waals surface area contributed by atoms with Crippen LogP contribution in [0.25, 0.3) is 0 Å². The Balaban J connectivity index is 1.65. The van der Waals surface area contributed by atoms with Gasteiger partial charge in [-0.15, -0.1) is 10.2 Å². The van der Waals surface area contributed by atoms with E-state index in [1.54, 1.807) is 19.2 Å². The third-order valence-electron chi connectivity index (χ3n) is 4.94. The lowest BCUT2D eigenvalue weighted by Gasteiger charge is -2.15. The summed E-state index contributed by atoms with van der Waals surface area (Å²) in [6.07, 6.45) is 0. The molecule has 3 aromatic rings. The Kier molecular flexibility index (Phi) is 8.82. The Hall–Kier alpha value is -2.75. The minimum absolute atomic E-state index is 0.138. The summed E-state index contributed by atoms with van der Waals surface area (Å²) in [5.41, 5.74) is 2.02. The molecule has 8 nitrogen and oxygen atoms in total. The Labute approximate surface area is 212 Å². The number of carbonyl (C=O) groups is 2. The van der Waals surface area contributed by atoms with Gasteiger partial charge in [0, 0.05) is 12.1 Å². The van der Waals surface area contributed by atoms with Gasteiger partial charge >= 0.3 is 0 Å². The van der Waals surface area contributed by atoms with Gasteiger partial charge in [-0.1, -0.05) is 41.0 Å². The fourth-order valence-electron chi connectivity index (χ4n) is 3.24. The maximum atomic E-state index is 12.6. The standard InChI is InChI=1S/C23H25Cl2N5O3S/c1-5-30-21(14(3)26-22(32)15-7-8-16(24)17(25)11-15)28-29-23(30)34-12-20(31)27-18-10-13(2)6-9-19(18)33-4/h6-11,14H,5,12H2,1-4H3,(H,26,32)(H,27,31)/t14-/m0/s1. The molecule has 1 aromatic heterocycles. The van der Waals surface area contributed by atoms with Gasteiger partial charge in [0.25, 0.3) is 5.91 Å². The molecule has 0 saturated heterocycles. The Morgan fingerprint density at radius 3 is 2.59 bits per heavy atom. The van der Waals surface area contributed by atoms with E-state index in [4.69, 9.17) is 27.9 Å². The molecule has 0 fully saturated rings. The summed E-state index contributed by atoms with van der Waals surface area (Å²) >= 11 is 13.2. The minimum atomic E-state index is -0.422. The number of aromatic nitrogens is 3. The van der Waals surface area contributed by atoms with Crippen molar-refractivity contribution in [3.8, 4) is 5.75 Å². The molecule has 34 heavy (non-hydrogen) atoms. The lowest BCUT2D eigenvalue weighted by Crippen LogP contribution is -2.28. The first-order chi connectivity index (χ1) is 16.2.